The van der Waals surface area contributed by atoms with Crippen LogP contribution in [0, 0.1) is 25.2 Å². The Morgan fingerprint density at radius 3 is 1.90 bits per heavy atom. The second-order valence-electron chi connectivity index (χ2n) is 14.9. The number of carbonyl (C=O) groups is 4. The van der Waals surface area contributed by atoms with Crippen LogP contribution < -0.4 is 15.5 Å². The van der Waals surface area contributed by atoms with Crippen molar-refractivity contribution in [1.29, 1.82) is 5.26 Å². The first-order valence-corrected chi connectivity index (χ1v) is 20.6. The van der Waals surface area contributed by atoms with Crippen molar-refractivity contribution in [2.24, 2.45) is 0 Å². The van der Waals surface area contributed by atoms with E-state index in [1.54, 1.807) is 30.3 Å². The molecule has 3 N–H and O–H groups in total. The van der Waals surface area contributed by atoms with Crippen molar-refractivity contribution in [2.75, 3.05) is 35.3 Å². The van der Waals surface area contributed by atoms with E-state index < -0.39 is 14.6 Å². The molecule has 0 saturated carbocycles. The van der Waals surface area contributed by atoms with E-state index in [-0.39, 0.29) is 90.7 Å². The van der Waals surface area contributed by atoms with Crippen LogP contribution >= 0.6 is 8.53 Å². The van der Waals surface area contributed by atoms with Crippen LogP contribution in [0.25, 0.3) is 0 Å². The van der Waals surface area contributed by atoms with Crippen molar-refractivity contribution in [3.05, 3.63) is 112 Å². The van der Waals surface area contributed by atoms with E-state index in [0.717, 1.165) is 22.5 Å². The number of fused-ring (bicyclic) bond motifs is 2. The zero-order valence-corrected chi connectivity index (χ0v) is 34.8. The number of aryl methyl sites for hydroxylation is 2. The fraction of sp³-hybridized carbons (Fsp3) is 0.356. The van der Waals surface area contributed by atoms with Crippen molar-refractivity contribution >= 4 is 60.7 Å². The van der Waals surface area contributed by atoms with E-state index in [1.165, 1.54) is 4.90 Å². The summed E-state index contributed by atoms with van der Waals surface area (Å²) in [6.45, 7) is 12.3. The van der Waals surface area contributed by atoms with E-state index in [1.807, 2.05) is 94.7 Å². The predicted octanol–water partition coefficient (Wildman–Crippen LogP) is 8.92. The van der Waals surface area contributed by atoms with Crippen LogP contribution in [0.15, 0.2) is 78.9 Å². The molecule has 0 aliphatic heterocycles. The number of aliphatic hydroxyl groups is 1. The number of amides is 1. The van der Waals surface area contributed by atoms with Crippen LogP contribution in [0.1, 0.15) is 96.3 Å². The number of nitrogens with one attached hydrogen (secondary N) is 2. The Hall–Kier alpha value is -5.28. The molecule has 0 spiro atoms. The maximum absolute atomic E-state index is 14.5. The topological polar surface area (TPSA) is 161 Å². The second kappa shape index (κ2) is 20.4. The summed E-state index contributed by atoms with van der Waals surface area (Å²) in [6, 6.07) is 26.0. The van der Waals surface area contributed by atoms with Crippen LogP contribution in [0.5, 0.6) is 0 Å². The normalized spacial score (nSPS) is 13.2. The number of Topliss-reactive ketones (excluding diaryl/α,β-unsaturated/α-hetero) is 1. The smallest absolute Gasteiger partial charge is 0.259 e. The second-order valence-corrected chi connectivity index (χ2v) is 16.4. The minimum atomic E-state index is -1.56. The lowest BCUT2D eigenvalue weighted by molar-refractivity contribution is -0.121. The predicted molar refractivity (Wildman–Crippen MR) is 228 cm³/mol. The van der Waals surface area contributed by atoms with Gasteiger partial charge in [0, 0.05) is 59.7 Å². The fourth-order valence-corrected chi connectivity index (χ4v) is 8.45. The van der Waals surface area contributed by atoms with Gasteiger partial charge in [0.1, 0.15) is 5.78 Å². The molecule has 0 fully saturated rings. The van der Waals surface area contributed by atoms with E-state index in [0.29, 0.717) is 29.9 Å². The molecule has 1 amide bonds. The average molecular weight is 806 g/mol. The molecule has 4 aromatic carbocycles. The largest absolute Gasteiger partial charge is 0.390 e. The van der Waals surface area contributed by atoms with Crippen LogP contribution in [-0.2, 0) is 18.6 Å². The molecule has 1 aliphatic rings. The third kappa shape index (κ3) is 11.0. The van der Waals surface area contributed by atoms with E-state index in [4.69, 9.17) is 14.3 Å². The Morgan fingerprint density at radius 2 is 1.38 bits per heavy atom. The monoisotopic (exact) mass is 805 g/mol. The maximum atomic E-state index is 14.5. The van der Waals surface area contributed by atoms with Gasteiger partial charge in [-0.3, -0.25) is 19.2 Å². The highest BCUT2D eigenvalue weighted by molar-refractivity contribution is 7.44. The highest BCUT2D eigenvalue weighted by atomic mass is 31.2. The number of anilines is 5. The fourth-order valence-electron chi connectivity index (χ4n) is 6.81. The average Bonchev–Trinajstić information content (AvgIpc) is 3.19. The summed E-state index contributed by atoms with van der Waals surface area (Å²) in [5.41, 5.74) is 5.93. The van der Waals surface area contributed by atoms with Gasteiger partial charge in [0.15, 0.2) is 11.6 Å². The van der Waals surface area contributed by atoms with E-state index in [2.05, 4.69) is 16.7 Å². The highest BCUT2D eigenvalue weighted by Gasteiger charge is 2.35. The Bertz CT molecular complexity index is 2120. The summed E-state index contributed by atoms with van der Waals surface area (Å²) in [6.07, 6.45) is 0.0369. The number of aliphatic hydroxyl groups excluding tert-OH is 1. The molecule has 2 atom stereocenters. The number of rotatable bonds is 21. The van der Waals surface area contributed by atoms with E-state index >= 15 is 0 Å². The number of carbonyl (C=O) groups excluding carboxylic acids is 4. The Kier molecular flexibility index (Phi) is 15.4. The van der Waals surface area contributed by atoms with E-state index in [9.17, 15) is 24.3 Å². The summed E-state index contributed by atoms with van der Waals surface area (Å²) >= 11 is 0. The van der Waals surface area contributed by atoms with Gasteiger partial charge >= 0.3 is 0 Å². The molecule has 0 radical (unpaired) electrons. The number of benzene rings is 4. The molecule has 0 heterocycles. The molecular formula is C45H52N5O7P. The first-order valence-electron chi connectivity index (χ1n) is 19.5. The van der Waals surface area contributed by atoms with Gasteiger partial charge in [-0.15, -0.1) is 0 Å². The molecule has 5 rings (SSSR count). The van der Waals surface area contributed by atoms with Crippen molar-refractivity contribution in [3.8, 4) is 6.07 Å². The molecular weight excluding hydrogens is 753 g/mol. The summed E-state index contributed by atoms with van der Waals surface area (Å²) in [4.78, 5) is 55.4. The number of nitriles is 1. The molecule has 304 valence electrons. The third-order valence-electron chi connectivity index (χ3n) is 9.63. The molecule has 1 aliphatic carbocycles. The molecule has 12 nitrogen and oxygen atoms in total. The molecule has 0 saturated heterocycles. The molecule has 0 bridgehead atoms. The van der Waals surface area contributed by atoms with Gasteiger partial charge in [-0.1, -0.05) is 35.4 Å². The summed E-state index contributed by atoms with van der Waals surface area (Å²) in [5, 5.41) is 26.3. The number of ketones is 3. The number of hydrogen-bond acceptors (Lipinski definition) is 11. The lowest BCUT2D eigenvalue weighted by atomic mass is 9.81. The SMILES string of the molecule is Cc1ccc(Nc2ccc(Nc3ccc(C)cc3)c3c2C(=O)c2ccc(N(C=O)CCCC(=O)CC(O)COP(OCCC#N)N(C(C)C)C(C)C)cc2C3=O)cc1. The van der Waals surface area contributed by atoms with Crippen molar-refractivity contribution in [2.45, 2.75) is 85.4 Å². The van der Waals surface area contributed by atoms with Gasteiger partial charge in [-0.05, 0) is 103 Å². The first-order chi connectivity index (χ1) is 27.8. The van der Waals surface area contributed by atoms with Crippen LogP contribution in [0.3, 0.4) is 0 Å². The summed E-state index contributed by atoms with van der Waals surface area (Å²) in [5.74, 6) is -0.894. The molecule has 4 aromatic rings. The molecule has 58 heavy (non-hydrogen) atoms. The molecule has 2 unspecified atom stereocenters. The number of hydrogen-bond donors (Lipinski definition) is 3. The molecule has 13 heteroatoms. The number of nitrogens with zero attached hydrogens (tertiary/aromatic N) is 3. The third-order valence-corrected chi connectivity index (χ3v) is 11.7. The Balaban J connectivity index is 1.28. The highest BCUT2D eigenvalue weighted by Crippen LogP contribution is 2.46. The summed E-state index contributed by atoms with van der Waals surface area (Å²) in [7, 11) is -1.56. The molecule has 0 aromatic heterocycles. The van der Waals surface area contributed by atoms with Gasteiger partial charge in [0.25, 0.3) is 8.53 Å². The quantitative estimate of drug-likeness (QED) is 0.0369. The Morgan fingerprint density at radius 1 is 0.828 bits per heavy atom. The standard InChI is InChI=1S/C45H52N5O7P/c1-29(2)50(30(3)4)58(56-24-8-22-46)57-27-37(53)26-36(52)9-7-23-49(28-51)35-18-19-38-39(25-35)45(55)43-41(48-34-16-12-32(6)13-17-34)21-20-40(42(43)44(38)54)47-33-14-10-31(5)11-15-33/h10-21,25,28-30,37,47-48,53H,7-9,23-24,26-27H2,1-6H3. The zero-order valence-electron chi connectivity index (χ0n) is 34.0. The minimum Gasteiger partial charge on any atom is -0.390 e. The van der Waals surface area contributed by atoms with Crippen molar-refractivity contribution in [3.63, 3.8) is 0 Å². The van der Waals surface area contributed by atoms with Crippen molar-refractivity contribution in [1.82, 2.24) is 4.67 Å². The minimum absolute atomic E-state index is 0.0929. The zero-order chi connectivity index (χ0) is 41.9. The van der Waals surface area contributed by atoms with Crippen LogP contribution in [0.2, 0.25) is 0 Å². The lowest BCUT2D eigenvalue weighted by Gasteiger charge is -2.35. The Labute approximate surface area is 342 Å². The van der Waals surface area contributed by atoms with Crippen molar-refractivity contribution < 1.29 is 33.3 Å². The van der Waals surface area contributed by atoms with Crippen LogP contribution in [-0.4, -0.2) is 71.5 Å². The summed E-state index contributed by atoms with van der Waals surface area (Å²) < 4.78 is 13.9. The van der Waals surface area contributed by atoms with Gasteiger partial charge in [-0.25, -0.2) is 4.67 Å². The maximum Gasteiger partial charge on any atom is 0.259 e. The van der Waals surface area contributed by atoms with Crippen LogP contribution in [0.4, 0.5) is 28.4 Å². The first kappa shape index (κ1) is 43.8. The van der Waals surface area contributed by atoms with Gasteiger partial charge in [0.2, 0.25) is 6.41 Å². The van der Waals surface area contributed by atoms with Gasteiger partial charge in [0.05, 0.1) is 54.3 Å². The lowest BCUT2D eigenvalue weighted by Crippen LogP contribution is -2.34. The van der Waals surface area contributed by atoms with Gasteiger partial charge < -0.3 is 29.7 Å². The van der Waals surface area contributed by atoms with Gasteiger partial charge in [-0.2, -0.15) is 5.26 Å².